The molecule has 1 fully saturated rings. The normalized spacial score (nSPS) is 17.3. The van der Waals surface area contributed by atoms with Gasteiger partial charge >= 0.3 is 5.97 Å². The molecule has 0 aromatic heterocycles. The molecular weight excluding hydrogens is 370 g/mol. The predicted molar refractivity (Wildman–Crippen MR) is 94.0 cm³/mol. The van der Waals surface area contributed by atoms with Crippen LogP contribution in [0.15, 0.2) is 23.4 Å². The number of halogens is 1. The first-order valence-corrected chi connectivity index (χ1v) is 9.78. The third-order valence-electron chi connectivity index (χ3n) is 3.93. The van der Waals surface area contributed by atoms with Crippen LogP contribution in [0.2, 0.25) is 5.02 Å². The number of oxime groups is 1. The van der Waals surface area contributed by atoms with E-state index in [1.165, 1.54) is 11.4 Å². The lowest BCUT2D eigenvalue weighted by Crippen LogP contribution is -2.39. The smallest absolute Gasteiger partial charge is 0.338 e. The van der Waals surface area contributed by atoms with Crippen molar-refractivity contribution in [3.63, 3.8) is 0 Å². The number of amidine groups is 1. The van der Waals surface area contributed by atoms with Crippen LogP contribution in [-0.4, -0.2) is 51.0 Å². The number of hydrogen-bond donors (Lipinski definition) is 1. The fourth-order valence-electron chi connectivity index (χ4n) is 2.52. The molecule has 10 heteroatoms. The maximum absolute atomic E-state index is 12.1. The Balaban J connectivity index is 2.00. The monoisotopic (exact) mass is 389 g/mol. The molecule has 0 aliphatic carbocycles. The summed E-state index contributed by atoms with van der Waals surface area (Å²) in [7, 11) is -1.77. The van der Waals surface area contributed by atoms with E-state index < -0.39 is 21.9 Å². The summed E-state index contributed by atoms with van der Waals surface area (Å²) in [5.41, 5.74) is 6.26. The van der Waals surface area contributed by atoms with E-state index in [1.807, 2.05) is 0 Å². The SMILES string of the molecule is COc1ccc(Cl)cc1/C(N)=N/OC(=O)C1CCN(S(C)(=O)=O)CC1. The molecule has 8 nitrogen and oxygen atoms in total. The molecule has 1 aliphatic rings. The number of rotatable bonds is 5. The van der Waals surface area contributed by atoms with Gasteiger partial charge in [0.1, 0.15) is 5.75 Å². The quantitative estimate of drug-likeness (QED) is 0.350. The summed E-state index contributed by atoms with van der Waals surface area (Å²) in [6.45, 7) is 0.555. The second-order valence-corrected chi connectivity index (χ2v) is 8.09. The summed E-state index contributed by atoms with van der Waals surface area (Å²) in [5, 5.41) is 4.10. The number of nitrogens with two attached hydrogens (primary N) is 1. The van der Waals surface area contributed by atoms with Gasteiger partial charge in [-0.2, -0.15) is 0 Å². The van der Waals surface area contributed by atoms with Crippen LogP contribution in [-0.2, 0) is 19.7 Å². The van der Waals surface area contributed by atoms with Gasteiger partial charge in [-0.25, -0.2) is 17.5 Å². The van der Waals surface area contributed by atoms with Gasteiger partial charge in [0.15, 0.2) is 5.84 Å². The molecule has 0 radical (unpaired) electrons. The zero-order valence-corrected chi connectivity index (χ0v) is 15.5. The Bertz CT molecular complexity index is 773. The van der Waals surface area contributed by atoms with E-state index in [2.05, 4.69) is 5.16 Å². The Morgan fingerprint density at radius 3 is 2.56 bits per heavy atom. The van der Waals surface area contributed by atoms with Crippen LogP contribution < -0.4 is 10.5 Å². The molecule has 25 heavy (non-hydrogen) atoms. The number of piperidine rings is 1. The van der Waals surface area contributed by atoms with Gasteiger partial charge in [0.2, 0.25) is 10.0 Å². The molecule has 2 N–H and O–H groups in total. The minimum atomic E-state index is -3.24. The largest absolute Gasteiger partial charge is 0.496 e. The average molecular weight is 390 g/mol. The highest BCUT2D eigenvalue weighted by Gasteiger charge is 2.30. The van der Waals surface area contributed by atoms with E-state index in [9.17, 15) is 13.2 Å². The Kier molecular flexibility index (Phi) is 6.26. The van der Waals surface area contributed by atoms with Gasteiger partial charge in [0.05, 0.1) is 24.8 Å². The van der Waals surface area contributed by atoms with Gasteiger partial charge in [0, 0.05) is 18.1 Å². The Hall–Kier alpha value is -1.84. The van der Waals surface area contributed by atoms with E-state index in [1.54, 1.807) is 18.2 Å². The van der Waals surface area contributed by atoms with Crippen molar-refractivity contribution in [3.05, 3.63) is 28.8 Å². The fourth-order valence-corrected chi connectivity index (χ4v) is 3.57. The number of ether oxygens (including phenoxy) is 1. The first-order chi connectivity index (χ1) is 11.7. The first kappa shape index (κ1) is 19.5. The van der Waals surface area contributed by atoms with E-state index in [-0.39, 0.29) is 18.9 Å². The summed E-state index contributed by atoms with van der Waals surface area (Å²) < 4.78 is 29.4. The molecule has 2 rings (SSSR count). The van der Waals surface area contributed by atoms with Crippen LogP contribution in [0.4, 0.5) is 0 Å². The molecule has 0 atom stereocenters. The molecule has 1 saturated heterocycles. The van der Waals surface area contributed by atoms with Gasteiger partial charge in [-0.3, -0.25) is 0 Å². The second-order valence-electron chi connectivity index (χ2n) is 5.67. The van der Waals surface area contributed by atoms with E-state index in [0.717, 1.165) is 6.26 Å². The minimum absolute atomic E-state index is 0.0405. The van der Waals surface area contributed by atoms with Gasteiger partial charge in [-0.05, 0) is 31.0 Å². The van der Waals surface area contributed by atoms with Crippen LogP contribution in [0.1, 0.15) is 18.4 Å². The van der Waals surface area contributed by atoms with Crippen LogP contribution in [0.25, 0.3) is 0 Å². The first-order valence-electron chi connectivity index (χ1n) is 7.55. The molecule has 1 aliphatic heterocycles. The molecule has 0 spiro atoms. The lowest BCUT2D eigenvalue weighted by atomic mass is 9.99. The summed E-state index contributed by atoms with van der Waals surface area (Å²) in [6.07, 6.45) is 1.90. The van der Waals surface area contributed by atoms with Gasteiger partial charge < -0.3 is 15.3 Å². The lowest BCUT2D eigenvalue weighted by molar-refractivity contribution is -0.149. The second kappa shape index (κ2) is 8.03. The standard InChI is InChI=1S/C15H20ClN3O5S/c1-23-13-4-3-11(16)9-12(13)14(17)18-24-15(20)10-5-7-19(8-6-10)25(2,21)22/h3-4,9-10H,5-8H2,1-2H3,(H2,17,18). The van der Waals surface area contributed by atoms with Crippen molar-refractivity contribution in [2.24, 2.45) is 16.8 Å². The Labute approximate surface area is 151 Å². The highest BCUT2D eigenvalue weighted by molar-refractivity contribution is 7.88. The minimum Gasteiger partial charge on any atom is -0.496 e. The molecule has 138 valence electrons. The van der Waals surface area contributed by atoms with Crippen molar-refractivity contribution >= 4 is 33.4 Å². The number of nitrogens with zero attached hydrogens (tertiary/aromatic N) is 2. The van der Waals surface area contributed by atoms with Gasteiger partial charge in [-0.15, -0.1) is 0 Å². The summed E-state index contributed by atoms with van der Waals surface area (Å²) in [5.74, 6) is -0.558. The molecular formula is C15H20ClN3O5S. The Morgan fingerprint density at radius 2 is 2.00 bits per heavy atom. The van der Waals surface area contributed by atoms with Crippen molar-refractivity contribution in [2.45, 2.75) is 12.8 Å². The Morgan fingerprint density at radius 1 is 1.36 bits per heavy atom. The highest BCUT2D eigenvalue weighted by Crippen LogP contribution is 2.23. The molecule has 0 amide bonds. The number of carbonyl (C=O) groups is 1. The van der Waals surface area contributed by atoms with Gasteiger partial charge in [0.25, 0.3) is 0 Å². The topological polar surface area (TPSA) is 111 Å². The third kappa shape index (κ3) is 5.07. The van der Waals surface area contributed by atoms with E-state index in [4.69, 9.17) is 26.9 Å². The summed E-state index contributed by atoms with van der Waals surface area (Å²) in [6, 6.07) is 4.82. The predicted octanol–water partition coefficient (Wildman–Crippen LogP) is 1.18. The van der Waals surface area contributed by atoms with Crippen LogP contribution in [0.3, 0.4) is 0 Å². The van der Waals surface area contributed by atoms with Crippen molar-refractivity contribution in [1.29, 1.82) is 0 Å². The maximum Gasteiger partial charge on any atom is 0.338 e. The molecule has 0 unspecified atom stereocenters. The number of methoxy groups -OCH3 is 1. The van der Waals surface area contributed by atoms with Crippen molar-refractivity contribution in [2.75, 3.05) is 26.5 Å². The van der Waals surface area contributed by atoms with Crippen molar-refractivity contribution in [3.8, 4) is 5.75 Å². The van der Waals surface area contributed by atoms with Crippen molar-refractivity contribution in [1.82, 2.24) is 4.31 Å². The summed E-state index contributed by atoms with van der Waals surface area (Å²) in [4.78, 5) is 17.0. The number of benzene rings is 1. The van der Waals surface area contributed by atoms with Crippen LogP contribution in [0, 0.1) is 5.92 Å². The average Bonchev–Trinajstić information content (AvgIpc) is 2.58. The number of hydrogen-bond acceptors (Lipinski definition) is 6. The highest BCUT2D eigenvalue weighted by atomic mass is 35.5. The molecule has 0 bridgehead atoms. The molecule has 1 aromatic rings. The number of carbonyl (C=O) groups excluding carboxylic acids is 1. The van der Waals surface area contributed by atoms with Crippen molar-refractivity contribution < 1.29 is 22.8 Å². The van der Waals surface area contributed by atoms with E-state index in [0.29, 0.717) is 29.2 Å². The summed E-state index contributed by atoms with van der Waals surface area (Å²) >= 11 is 5.93. The number of sulfonamides is 1. The molecule has 1 aromatic carbocycles. The van der Waals surface area contributed by atoms with E-state index >= 15 is 0 Å². The maximum atomic E-state index is 12.1. The lowest BCUT2D eigenvalue weighted by Gasteiger charge is -2.28. The fraction of sp³-hybridized carbons (Fsp3) is 0.467. The van der Waals surface area contributed by atoms with Crippen LogP contribution >= 0.6 is 11.6 Å². The zero-order chi connectivity index (χ0) is 18.6. The zero-order valence-electron chi connectivity index (χ0n) is 13.9. The molecule has 1 heterocycles. The van der Waals surface area contributed by atoms with Gasteiger partial charge in [-0.1, -0.05) is 16.8 Å². The third-order valence-corrected chi connectivity index (χ3v) is 5.47. The van der Waals surface area contributed by atoms with Crippen LogP contribution in [0.5, 0.6) is 5.75 Å². The molecule has 0 saturated carbocycles.